The zero-order chi connectivity index (χ0) is 23.9. The number of carbonyl (C=O) groups excluding carboxylic acids is 2. The fourth-order valence-corrected chi connectivity index (χ4v) is 5.16. The van der Waals surface area contributed by atoms with Crippen LogP contribution in [-0.4, -0.2) is 128 Å². The average Bonchev–Trinajstić information content (AvgIpc) is 3.14. The lowest BCUT2D eigenvalue weighted by Crippen LogP contribution is -2.54. The molecule has 4 rings (SSSR count). The zero-order valence-electron chi connectivity index (χ0n) is 20.6. The Labute approximate surface area is 203 Å². The van der Waals surface area contributed by atoms with Crippen molar-refractivity contribution in [1.29, 1.82) is 0 Å². The molecule has 2 unspecified atom stereocenters. The predicted octanol–water partition coefficient (Wildman–Crippen LogP) is 1.15. The molecule has 3 aliphatic rings. The first kappa shape index (κ1) is 24.9. The summed E-state index contributed by atoms with van der Waals surface area (Å²) in [5.41, 5.74) is 1.37. The highest BCUT2D eigenvalue weighted by Crippen LogP contribution is 2.24. The van der Waals surface area contributed by atoms with Crippen molar-refractivity contribution in [2.24, 2.45) is 0 Å². The Bertz CT molecular complexity index is 794. The van der Waals surface area contributed by atoms with E-state index in [-0.39, 0.29) is 24.3 Å². The Kier molecular flexibility index (Phi) is 8.77. The topological polar surface area (TPSA) is 68.8 Å². The third kappa shape index (κ3) is 6.47. The standard InChI is InChI=1S/C25H39N5O4/c1-21-24(29-17-15-28(16-18-29)20-23(31)33-2)34-25(32)30(21)10-6-9-26-11-13-27(14-12-26)19-22-7-4-3-5-8-22/h3-5,7-8,21,24H,6,9-20H2,1-2H3. The molecule has 0 N–H and O–H groups in total. The molecule has 9 heteroatoms. The molecule has 3 heterocycles. The van der Waals surface area contributed by atoms with Gasteiger partial charge in [0, 0.05) is 65.4 Å². The van der Waals surface area contributed by atoms with E-state index in [1.54, 1.807) is 0 Å². The summed E-state index contributed by atoms with van der Waals surface area (Å²) >= 11 is 0. The highest BCUT2D eigenvalue weighted by atomic mass is 16.6. The van der Waals surface area contributed by atoms with E-state index >= 15 is 0 Å². The number of carbonyl (C=O) groups is 2. The largest absolute Gasteiger partial charge is 0.468 e. The summed E-state index contributed by atoms with van der Waals surface area (Å²) in [5.74, 6) is -0.210. The molecule has 1 aromatic rings. The fourth-order valence-electron chi connectivity index (χ4n) is 5.16. The van der Waals surface area contributed by atoms with Crippen LogP contribution in [-0.2, 0) is 20.8 Å². The van der Waals surface area contributed by atoms with E-state index in [1.165, 1.54) is 12.7 Å². The summed E-state index contributed by atoms with van der Waals surface area (Å²) in [6.07, 6.45) is 0.536. The Morgan fingerprint density at radius 3 is 2.26 bits per heavy atom. The normalized spacial score (nSPS) is 25.5. The van der Waals surface area contributed by atoms with E-state index in [4.69, 9.17) is 9.47 Å². The van der Waals surface area contributed by atoms with Crippen molar-refractivity contribution >= 4 is 12.1 Å². The van der Waals surface area contributed by atoms with E-state index in [9.17, 15) is 9.59 Å². The molecule has 2 atom stereocenters. The van der Waals surface area contributed by atoms with Crippen LogP contribution >= 0.6 is 0 Å². The van der Waals surface area contributed by atoms with E-state index in [1.807, 2.05) is 4.90 Å². The first-order valence-corrected chi connectivity index (χ1v) is 12.5. The molecule has 9 nitrogen and oxygen atoms in total. The van der Waals surface area contributed by atoms with Crippen molar-refractivity contribution in [3.8, 4) is 0 Å². The van der Waals surface area contributed by atoms with E-state index < -0.39 is 0 Å². The lowest BCUT2D eigenvalue weighted by atomic mass is 10.2. The monoisotopic (exact) mass is 473 g/mol. The molecule has 3 saturated heterocycles. The van der Waals surface area contributed by atoms with Gasteiger partial charge in [0.1, 0.15) is 0 Å². The molecule has 34 heavy (non-hydrogen) atoms. The van der Waals surface area contributed by atoms with E-state index in [0.29, 0.717) is 6.54 Å². The van der Waals surface area contributed by atoms with Crippen LogP contribution in [0.4, 0.5) is 4.79 Å². The molecule has 0 radical (unpaired) electrons. The first-order chi connectivity index (χ1) is 16.5. The second-order valence-electron chi connectivity index (χ2n) is 9.55. The number of hydrogen-bond donors (Lipinski definition) is 0. The first-order valence-electron chi connectivity index (χ1n) is 12.5. The van der Waals surface area contributed by atoms with Crippen molar-refractivity contribution in [3.63, 3.8) is 0 Å². The molecule has 0 aromatic heterocycles. The lowest BCUT2D eigenvalue weighted by molar-refractivity contribution is -0.142. The van der Waals surface area contributed by atoms with Gasteiger partial charge >= 0.3 is 12.1 Å². The van der Waals surface area contributed by atoms with Crippen molar-refractivity contribution in [1.82, 2.24) is 24.5 Å². The van der Waals surface area contributed by atoms with Crippen LogP contribution in [0.3, 0.4) is 0 Å². The van der Waals surface area contributed by atoms with Gasteiger partial charge in [-0.3, -0.25) is 19.5 Å². The van der Waals surface area contributed by atoms with Crippen LogP contribution in [0.15, 0.2) is 30.3 Å². The number of cyclic esters (lactones) is 1. The number of amides is 1. The minimum atomic E-state index is -0.214. The maximum Gasteiger partial charge on any atom is 0.411 e. The Morgan fingerprint density at radius 2 is 1.59 bits per heavy atom. The molecule has 1 aromatic carbocycles. The fraction of sp³-hybridized carbons (Fsp3) is 0.680. The number of hydrogen-bond acceptors (Lipinski definition) is 8. The number of rotatable bonds is 9. The van der Waals surface area contributed by atoms with Crippen LogP contribution in [0.5, 0.6) is 0 Å². The van der Waals surface area contributed by atoms with Crippen LogP contribution in [0, 0.1) is 0 Å². The molecule has 0 spiro atoms. The summed E-state index contributed by atoms with van der Waals surface area (Å²) in [5, 5.41) is 0. The van der Waals surface area contributed by atoms with Crippen LogP contribution in [0.1, 0.15) is 18.9 Å². The summed E-state index contributed by atoms with van der Waals surface area (Å²) < 4.78 is 10.5. The van der Waals surface area contributed by atoms with E-state index in [2.05, 4.69) is 56.9 Å². The van der Waals surface area contributed by atoms with Crippen LogP contribution in [0.2, 0.25) is 0 Å². The Balaban J connectivity index is 1.15. The number of benzene rings is 1. The van der Waals surface area contributed by atoms with Crippen molar-refractivity contribution in [3.05, 3.63) is 35.9 Å². The van der Waals surface area contributed by atoms with Gasteiger partial charge in [-0.25, -0.2) is 4.79 Å². The van der Waals surface area contributed by atoms with Crippen LogP contribution < -0.4 is 0 Å². The maximum absolute atomic E-state index is 12.6. The average molecular weight is 474 g/mol. The molecular formula is C25H39N5O4. The van der Waals surface area contributed by atoms with Gasteiger partial charge in [-0.15, -0.1) is 0 Å². The second kappa shape index (κ2) is 12.0. The van der Waals surface area contributed by atoms with Gasteiger partial charge in [0.15, 0.2) is 6.23 Å². The summed E-state index contributed by atoms with van der Waals surface area (Å²) in [7, 11) is 1.42. The predicted molar refractivity (Wildman–Crippen MR) is 129 cm³/mol. The molecule has 0 aliphatic carbocycles. The Morgan fingerprint density at radius 1 is 0.941 bits per heavy atom. The summed E-state index contributed by atoms with van der Waals surface area (Å²) in [6, 6.07) is 10.7. The quantitative estimate of drug-likeness (QED) is 0.495. The SMILES string of the molecule is COC(=O)CN1CCN(C2OC(=O)N(CCCN3CCN(Cc4ccccc4)CC3)C2C)CC1. The van der Waals surface area contributed by atoms with Gasteiger partial charge < -0.3 is 19.3 Å². The van der Waals surface area contributed by atoms with Crippen LogP contribution in [0.25, 0.3) is 0 Å². The summed E-state index contributed by atoms with van der Waals surface area (Å²) in [6.45, 7) is 12.6. The number of nitrogens with zero attached hydrogens (tertiary/aromatic N) is 5. The molecule has 3 fully saturated rings. The van der Waals surface area contributed by atoms with Crippen molar-refractivity contribution < 1.29 is 19.1 Å². The zero-order valence-corrected chi connectivity index (χ0v) is 20.6. The van der Waals surface area contributed by atoms with Gasteiger partial charge in [-0.05, 0) is 25.5 Å². The number of ether oxygens (including phenoxy) is 2. The third-order valence-electron chi connectivity index (χ3n) is 7.29. The molecule has 0 saturated carbocycles. The summed E-state index contributed by atoms with van der Waals surface area (Å²) in [4.78, 5) is 35.3. The van der Waals surface area contributed by atoms with Gasteiger partial charge in [-0.1, -0.05) is 30.3 Å². The molecule has 1 amide bonds. The maximum atomic E-state index is 12.6. The highest BCUT2D eigenvalue weighted by Gasteiger charge is 2.42. The molecule has 3 aliphatic heterocycles. The minimum absolute atomic E-state index is 0.0300. The van der Waals surface area contributed by atoms with Gasteiger partial charge in [0.05, 0.1) is 19.7 Å². The minimum Gasteiger partial charge on any atom is -0.468 e. The molecular weight excluding hydrogens is 434 g/mol. The third-order valence-corrected chi connectivity index (χ3v) is 7.29. The Hall–Kier alpha value is -2.20. The van der Waals surface area contributed by atoms with Crippen molar-refractivity contribution in [2.75, 3.05) is 79.1 Å². The van der Waals surface area contributed by atoms with Crippen molar-refractivity contribution in [2.45, 2.75) is 32.2 Å². The van der Waals surface area contributed by atoms with Gasteiger partial charge in [-0.2, -0.15) is 0 Å². The molecule has 0 bridgehead atoms. The lowest BCUT2D eigenvalue weighted by Gasteiger charge is -2.38. The van der Waals surface area contributed by atoms with E-state index in [0.717, 1.165) is 78.4 Å². The second-order valence-corrected chi connectivity index (χ2v) is 9.55. The number of esters is 1. The smallest absolute Gasteiger partial charge is 0.411 e. The number of methoxy groups -OCH3 is 1. The van der Waals surface area contributed by atoms with Gasteiger partial charge in [0.2, 0.25) is 0 Å². The highest BCUT2D eigenvalue weighted by molar-refractivity contribution is 5.71. The van der Waals surface area contributed by atoms with Gasteiger partial charge in [0.25, 0.3) is 0 Å². The molecule has 188 valence electrons. The number of piperazine rings is 2.